The van der Waals surface area contributed by atoms with Crippen molar-refractivity contribution in [2.24, 2.45) is 0 Å². The van der Waals surface area contributed by atoms with Crippen LogP contribution >= 0.6 is 15.9 Å². The van der Waals surface area contributed by atoms with Gasteiger partial charge in [-0.1, -0.05) is 6.07 Å². The highest BCUT2D eigenvalue weighted by atomic mass is 79.9. The largest absolute Gasteiger partial charge is 0.336 e. The highest BCUT2D eigenvalue weighted by Gasteiger charge is 2.26. The fourth-order valence-electron chi connectivity index (χ4n) is 2.25. The number of carbonyl (C=O) groups is 1. The van der Waals surface area contributed by atoms with Gasteiger partial charge < -0.3 is 9.80 Å². The fraction of sp³-hybridized carbons (Fsp3) is 0.538. The van der Waals surface area contributed by atoms with Gasteiger partial charge in [-0.2, -0.15) is 0 Å². The van der Waals surface area contributed by atoms with Gasteiger partial charge in [-0.05, 0) is 55.0 Å². The maximum atomic E-state index is 12.3. The smallest absolute Gasteiger partial charge is 0.272 e. The lowest BCUT2D eigenvalue weighted by Crippen LogP contribution is -2.47. The Morgan fingerprint density at radius 3 is 2.94 bits per heavy atom. The predicted molar refractivity (Wildman–Crippen MR) is 74.5 cm³/mol. The number of nitrogens with zero attached hydrogens (tertiary/aromatic N) is 3. The average Bonchev–Trinajstić information content (AvgIpc) is 2.38. The molecule has 2 rings (SSSR count). The summed E-state index contributed by atoms with van der Waals surface area (Å²) >= 11 is 3.30. The summed E-state index contributed by atoms with van der Waals surface area (Å²) in [5.41, 5.74) is 0.517. The molecular weight excluding hydrogens is 294 g/mol. The van der Waals surface area contributed by atoms with Crippen LogP contribution in [-0.2, 0) is 0 Å². The van der Waals surface area contributed by atoms with E-state index in [-0.39, 0.29) is 5.91 Å². The van der Waals surface area contributed by atoms with Gasteiger partial charge in [0.25, 0.3) is 5.91 Å². The second-order valence-corrected chi connectivity index (χ2v) is 5.67. The summed E-state index contributed by atoms with van der Waals surface area (Å²) in [6.07, 6.45) is 2.21. The van der Waals surface area contributed by atoms with Crippen molar-refractivity contribution < 1.29 is 4.79 Å². The Morgan fingerprint density at radius 1 is 1.50 bits per heavy atom. The van der Waals surface area contributed by atoms with E-state index in [1.807, 2.05) is 17.0 Å². The lowest BCUT2D eigenvalue weighted by atomic mass is 10.0. The summed E-state index contributed by atoms with van der Waals surface area (Å²) in [6, 6.07) is 5.90. The Labute approximate surface area is 116 Å². The minimum absolute atomic E-state index is 0.0304. The van der Waals surface area contributed by atoms with Crippen LogP contribution in [-0.4, -0.2) is 53.9 Å². The van der Waals surface area contributed by atoms with Crippen molar-refractivity contribution in [3.8, 4) is 0 Å². The van der Waals surface area contributed by atoms with Gasteiger partial charge in [0.1, 0.15) is 10.3 Å². The standard InChI is InChI=1S/C13H18BrN3O/c1-16(2)10-5-4-8-17(9-10)13(18)11-6-3-7-12(14)15-11/h3,6-7,10H,4-5,8-9H2,1-2H3. The molecule has 98 valence electrons. The van der Waals surface area contributed by atoms with E-state index >= 15 is 0 Å². The third-order valence-corrected chi connectivity index (χ3v) is 3.79. The van der Waals surface area contributed by atoms with E-state index in [1.54, 1.807) is 6.07 Å². The van der Waals surface area contributed by atoms with Crippen LogP contribution in [0.5, 0.6) is 0 Å². The van der Waals surface area contributed by atoms with Crippen LogP contribution in [0, 0.1) is 0 Å². The molecule has 1 aromatic rings. The first-order chi connectivity index (χ1) is 8.58. The molecule has 1 aromatic heterocycles. The van der Waals surface area contributed by atoms with Crippen molar-refractivity contribution in [2.75, 3.05) is 27.2 Å². The zero-order valence-corrected chi connectivity index (χ0v) is 12.4. The molecule has 1 fully saturated rings. The quantitative estimate of drug-likeness (QED) is 0.784. The minimum Gasteiger partial charge on any atom is -0.336 e. The summed E-state index contributed by atoms with van der Waals surface area (Å²) in [5.74, 6) is 0.0304. The van der Waals surface area contributed by atoms with Crippen molar-refractivity contribution >= 4 is 21.8 Å². The van der Waals surface area contributed by atoms with Crippen LogP contribution in [0.4, 0.5) is 0 Å². The molecule has 0 radical (unpaired) electrons. The van der Waals surface area contributed by atoms with Gasteiger partial charge in [0.2, 0.25) is 0 Å². The molecule has 0 aliphatic carbocycles. The van der Waals surface area contributed by atoms with Gasteiger partial charge in [0.05, 0.1) is 0 Å². The second kappa shape index (κ2) is 5.80. The number of piperidine rings is 1. The van der Waals surface area contributed by atoms with Gasteiger partial charge >= 0.3 is 0 Å². The van der Waals surface area contributed by atoms with Crippen molar-refractivity contribution in [3.05, 3.63) is 28.5 Å². The van der Waals surface area contributed by atoms with Crippen molar-refractivity contribution in [1.29, 1.82) is 0 Å². The molecule has 4 nitrogen and oxygen atoms in total. The average molecular weight is 312 g/mol. The van der Waals surface area contributed by atoms with E-state index in [9.17, 15) is 4.79 Å². The normalized spacial score (nSPS) is 20.2. The van der Waals surface area contributed by atoms with Crippen LogP contribution in [0.3, 0.4) is 0 Å². The van der Waals surface area contributed by atoms with E-state index in [2.05, 4.69) is 39.9 Å². The molecule has 1 atom stereocenters. The van der Waals surface area contributed by atoms with Gasteiger partial charge in [-0.3, -0.25) is 4.79 Å². The number of aromatic nitrogens is 1. The maximum absolute atomic E-state index is 12.3. The van der Waals surface area contributed by atoms with Crippen molar-refractivity contribution in [2.45, 2.75) is 18.9 Å². The number of likely N-dealkylation sites (tertiary alicyclic amines) is 1. The molecular formula is C13H18BrN3O. The van der Waals surface area contributed by atoms with E-state index in [0.717, 1.165) is 25.9 Å². The number of halogens is 1. The van der Waals surface area contributed by atoms with Crippen LogP contribution in [0.2, 0.25) is 0 Å². The molecule has 0 N–H and O–H groups in total. The summed E-state index contributed by atoms with van der Waals surface area (Å²) < 4.78 is 0.703. The first-order valence-electron chi connectivity index (χ1n) is 6.16. The summed E-state index contributed by atoms with van der Waals surface area (Å²) in [5, 5.41) is 0. The number of amides is 1. The molecule has 1 aliphatic heterocycles. The highest BCUT2D eigenvalue weighted by Crippen LogP contribution is 2.16. The molecule has 18 heavy (non-hydrogen) atoms. The topological polar surface area (TPSA) is 36.4 Å². The molecule has 2 heterocycles. The summed E-state index contributed by atoms with van der Waals surface area (Å²) in [6.45, 7) is 1.62. The van der Waals surface area contributed by atoms with Gasteiger partial charge in [-0.15, -0.1) is 0 Å². The first-order valence-corrected chi connectivity index (χ1v) is 6.95. The Bertz CT molecular complexity index is 436. The second-order valence-electron chi connectivity index (χ2n) is 4.86. The van der Waals surface area contributed by atoms with E-state index in [0.29, 0.717) is 16.3 Å². The number of hydrogen-bond acceptors (Lipinski definition) is 3. The molecule has 0 spiro atoms. The fourth-order valence-corrected chi connectivity index (χ4v) is 2.59. The Hall–Kier alpha value is -0.940. The number of likely N-dealkylation sites (N-methyl/N-ethyl adjacent to an activating group) is 1. The number of rotatable bonds is 2. The number of pyridine rings is 1. The molecule has 1 aliphatic rings. The molecule has 0 saturated carbocycles. The van der Waals surface area contributed by atoms with Crippen LogP contribution in [0.1, 0.15) is 23.3 Å². The van der Waals surface area contributed by atoms with E-state index in [1.165, 1.54) is 0 Å². The monoisotopic (exact) mass is 311 g/mol. The third-order valence-electron chi connectivity index (χ3n) is 3.35. The Balaban J connectivity index is 2.09. The molecule has 0 aromatic carbocycles. The number of hydrogen-bond donors (Lipinski definition) is 0. The van der Waals surface area contributed by atoms with E-state index < -0.39 is 0 Å². The number of carbonyl (C=O) groups excluding carboxylic acids is 1. The minimum atomic E-state index is 0.0304. The van der Waals surface area contributed by atoms with Gasteiger partial charge in [-0.25, -0.2) is 4.98 Å². The maximum Gasteiger partial charge on any atom is 0.272 e. The zero-order chi connectivity index (χ0) is 13.1. The van der Waals surface area contributed by atoms with Crippen LogP contribution < -0.4 is 0 Å². The third kappa shape index (κ3) is 3.09. The van der Waals surface area contributed by atoms with Gasteiger partial charge in [0, 0.05) is 19.1 Å². The summed E-state index contributed by atoms with van der Waals surface area (Å²) in [4.78, 5) is 20.7. The molecule has 1 amide bonds. The van der Waals surface area contributed by atoms with Crippen LogP contribution in [0.15, 0.2) is 22.8 Å². The van der Waals surface area contributed by atoms with Crippen molar-refractivity contribution in [3.63, 3.8) is 0 Å². The van der Waals surface area contributed by atoms with Crippen LogP contribution in [0.25, 0.3) is 0 Å². The summed E-state index contributed by atoms with van der Waals surface area (Å²) in [7, 11) is 4.13. The SMILES string of the molecule is CN(C)C1CCCN(C(=O)c2cccc(Br)n2)C1. The molecule has 1 saturated heterocycles. The van der Waals surface area contributed by atoms with Crippen molar-refractivity contribution in [1.82, 2.24) is 14.8 Å². The molecule has 1 unspecified atom stereocenters. The highest BCUT2D eigenvalue weighted by molar-refractivity contribution is 9.10. The Morgan fingerprint density at radius 2 is 2.28 bits per heavy atom. The Kier molecular flexibility index (Phi) is 4.35. The first kappa shape index (κ1) is 13.5. The lowest BCUT2D eigenvalue weighted by Gasteiger charge is -2.35. The lowest BCUT2D eigenvalue weighted by molar-refractivity contribution is 0.0629. The molecule has 5 heteroatoms. The molecule has 0 bridgehead atoms. The predicted octanol–water partition coefficient (Wildman–Crippen LogP) is 2.01. The van der Waals surface area contributed by atoms with E-state index in [4.69, 9.17) is 0 Å². The zero-order valence-electron chi connectivity index (χ0n) is 10.8. The van der Waals surface area contributed by atoms with Gasteiger partial charge in [0.15, 0.2) is 0 Å².